The molecule has 0 N–H and O–H groups in total. The van der Waals surface area contributed by atoms with Gasteiger partial charge >= 0.3 is 0 Å². The lowest BCUT2D eigenvalue weighted by atomic mass is 10.0. The average molecular weight is 783 g/mol. The predicted octanol–water partition coefficient (Wildman–Crippen LogP) is 14.8. The highest BCUT2D eigenvalue weighted by molar-refractivity contribution is 7.25. The Bertz CT molecular complexity index is 3570. The third kappa shape index (κ3) is 5.78. The van der Waals surface area contributed by atoms with Crippen LogP contribution in [-0.4, -0.2) is 19.5 Å². The molecule has 0 aliphatic carbocycles. The van der Waals surface area contributed by atoms with Crippen molar-refractivity contribution >= 4 is 64.1 Å². The third-order valence-corrected chi connectivity index (χ3v) is 12.8. The lowest BCUT2D eigenvalue weighted by molar-refractivity contribution is 1.07. The fraction of sp³-hybridized carbons (Fsp3) is 0. The minimum absolute atomic E-state index is 0.608. The van der Waals surface area contributed by atoms with Gasteiger partial charge in [-0.1, -0.05) is 158 Å². The molecule has 3 aromatic heterocycles. The van der Waals surface area contributed by atoms with Gasteiger partial charge in [-0.2, -0.15) is 0 Å². The van der Waals surface area contributed by atoms with Gasteiger partial charge in [-0.15, -0.1) is 11.3 Å². The highest BCUT2D eigenvalue weighted by atomic mass is 32.1. The molecule has 0 radical (unpaired) electrons. The molecule has 0 aliphatic heterocycles. The third-order valence-electron chi connectivity index (χ3n) is 11.6. The van der Waals surface area contributed by atoms with Gasteiger partial charge in [-0.05, 0) is 81.6 Å². The summed E-state index contributed by atoms with van der Waals surface area (Å²) in [6.07, 6.45) is 0. The van der Waals surface area contributed by atoms with Crippen LogP contribution in [0, 0.1) is 0 Å². The van der Waals surface area contributed by atoms with Crippen LogP contribution in [0.3, 0.4) is 0 Å². The van der Waals surface area contributed by atoms with Crippen molar-refractivity contribution in [1.82, 2.24) is 19.5 Å². The fourth-order valence-electron chi connectivity index (χ4n) is 8.72. The first kappa shape index (κ1) is 34.3. The second-order valence-corrected chi connectivity index (χ2v) is 16.3. The number of hydrogen-bond donors (Lipinski definition) is 0. The highest BCUT2D eigenvalue weighted by Gasteiger charge is 2.21. The van der Waals surface area contributed by atoms with Crippen LogP contribution in [0.15, 0.2) is 206 Å². The number of hydrogen-bond acceptors (Lipinski definition) is 4. The number of thiophene rings is 1. The van der Waals surface area contributed by atoms with Gasteiger partial charge in [-0.3, -0.25) is 0 Å². The second-order valence-electron chi connectivity index (χ2n) is 15.2. The lowest BCUT2D eigenvalue weighted by Crippen LogP contribution is -2.04. The summed E-state index contributed by atoms with van der Waals surface area (Å²) in [5.41, 5.74) is 10.5. The van der Waals surface area contributed by atoms with Crippen molar-refractivity contribution in [3.63, 3.8) is 0 Å². The van der Waals surface area contributed by atoms with E-state index in [-0.39, 0.29) is 0 Å². The first-order valence-electron chi connectivity index (χ1n) is 20.2. The largest absolute Gasteiger partial charge is 0.308 e. The Labute approximate surface area is 350 Å². The molecule has 0 fully saturated rings. The molecule has 4 nitrogen and oxygen atoms in total. The maximum Gasteiger partial charge on any atom is 0.166 e. The van der Waals surface area contributed by atoms with Crippen LogP contribution in [0.5, 0.6) is 0 Å². The van der Waals surface area contributed by atoms with Crippen molar-refractivity contribution in [2.45, 2.75) is 0 Å². The molecule has 0 saturated carbocycles. The Hall–Kier alpha value is -7.73. The molecule has 3 heterocycles. The van der Waals surface area contributed by atoms with Gasteiger partial charge in [0.1, 0.15) is 0 Å². The standard InChI is InChI=1S/C55H34N4S/c1-2-13-35(14-3-1)39-28-30-47(50(33-39)59-48-22-9-6-19-43(48)44-20-7-10-23-49(44)59)55-57-53(56-54(58-55)42-26-25-36-15-4-5-16-37(36)31-42)41-18-12-17-38(32-41)40-27-29-46-45-21-8-11-24-51(45)60-52(46)34-40/h1-34H. The molecule has 0 saturated heterocycles. The molecule has 0 atom stereocenters. The summed E-state index contributed by atoms with van der Waals surface area (Å²) in [6, 6.07) is 73.4. The zero-order valence-electron chi connectivity index (χ0n) is 32.3. The molecule has 9 aromatic carbocycles. The zero-order valence-corrected chi connectivity index (χ0v) is 33.1. The van der Waals surface area contributed by atoms with E-state index in [1.54, 1.807) is 0 Å². The van der Waals surface area contributed by atoms with Crippen LogP contribution < -0.4 is 0 Å². The summed E-state index contributed by atoms with van der Waals surface area (Å²) in [5, 5.41) is 7.29. The van der Waals surface area contributed by atoms with Gasteiger partial charge < -0.3 is 4.57 Å². The number of nitrogens with zero attached hydrogens (tertiary/aromatic N) is 4. The molecule has 280 valence electrons. The molecule has 12 aromatic rings. The fourth-order valence-corrected chi connectivity index (χ4v) is 9.87. The summed E-state index contributed by atoms with van der Waals surface area (Å²) in [6.45, 7) is 0. The van der Waals surface area contributed by atoms with Gasteiger partial charge in [0.05, 0.1) is 16.7 Å². The lowest BCUT2D eigenvalue weighted by Gasteiger charge is -2.16. The van der Waals surface area contributed by atoms with Gasteiger partial charge in [0.15, 0.2) is 17.5 Å². The second kappa shape index (κ2) is 14.0. The van der Waals surface area contributed by atoms with Crippen molar-refractivity contribution in [2.75, 3.05) is 0 Å². The zero-order chi connectivity index (χ0) is 39.6. The molecular formula is C55H34N4S. The topological polar surface area (TPSA) is 43.6 Å². The number of rotatable bonds is 6. The molecule has 0 unspecified atom stereocenters. The molecule has 0 amide bonds. The maximum atomic E-state index is 5.37. The van der Waals surface area contributed by atoms with Crippen molar-refractivity contribution in [2.24, 2.45) is 0 Å². The number of para-hydroxylation sites is 2. The maximum absolute atomic E-state index is 5.37. The molecule has 0 spiro atoms. The van der Waals surface area contributed by atoms with Crippen LogP contribution in [0.1, 0.15) is 0 Å². The van der Waals surface area contributed by atoms with E-state index in [4.69, 9.17) is 15.0 Å². The van der Waals surface area contributed by atoms with E-state index in [0.717, 1.165) is 61.1 Å². The van der Waals surface area contributed by atoms with Crippen LogP contribution >= 0.6 is 11.3 Å². The summed E-state index contributed by atoms with van der Waals surface area (Å²) in [7, 11) is 0. The Morgan fingerprint density at radius 2 is 0.867 bits per heavy atom. The van der Waals surface area contributed by atoms with E-state index >= 15 is 0 Å². The minimum atomic E-state index is 0.608. The van der Waals surface area contributed by atoms with E-state index < -0.39 is 0 Å². The summed E-state index contributed by atoms with van der Waals surface area (Å²) < 4.78 is 4.95. The Balaban J connectivity index is 1.09. The van der Waals surface area contributed by atoms with E-state index in [1.807, 2.05) is 11.3 Å². The van der Waals surface area contributed by atoms with Crippen molar-refractivity contribution in [1.29, 1.82) is 0 Å². The SMILES string of the molecule is c1ccc(-c2ccc(-c3nc(-c4cccc(-c5ccc6c(c5)sc5ccccc56)c4)nc(-c4ccc5ccccc5c4)n3)c(-n3c4ccccc4c4ccccc43)c2)cc1. The highest BCUT2D eigenvalue weighted by Crippen LogP contribution is 2.40. The minimum Gasteiger partial charge on any atom is -0.308 e. The molecule has 60 heavy (non-hydrogen) atoms. The Morgan fingerprint density at radius 3 is 1.67 bits per heavy atom. The smallest absolute Gasteiger partial charge is 0.166 e. The van der Waals surface area contributed by atoms with Crippen LogP contribution in [0.25, 0.3) is 115 Å². The number of aromatic nitrogens is 4. The normalized spacial score (nSPS) is 11.7. The summed E-state index contributed by atoms with van der Waals surface area (Å²) in [4.78, 5) is 16.0. The Morgan fingerprint density at radius 1 is 0.317 bits per heavy atom. The van der Waals surface area contributed by atoms with Crippen LogP contribution in [-0.2, 0) is 0 Å². The predicted molar refractivity (Wildman–Crippen MR) is 252 cm³/mol. The molecule has 0 aliphatic rings. The van der Waals surface area contributed by atoms with Crippen LogP contribution in [0.4, 0.5) is 0 Å². The Kier molecular flexibility index (Phi) is 8.00. The quantitative estimate of drug-likeness (QED) is 0.169. The van der Waals surface area contributed by atoms with E-state index in [1.165, 1.54) is 36.3 Å². The summed E-state index contributed by atoms with van der Waals surface area (Å²) in [5.74, 6) is 1.85. The van der Waals surface area contributed by atoms with Crippen molar-refractivity contribution in [3.8, 4) is 62.1 Å². The number of fused-ring (bicyclic) bond motifs is 7. The van der Waals surface area contributed by atoms with Gasteiger partial charge in [0.2, 0.25) is 0 Å². The monoisotopic (exact) mass is 782 g/mol. The van der Waals surface area contributed by atoms with Crippen molar-refractivity contribution in [3.05, 3.63) is 206 Å². The molecular weight excluding hydrogens is 749 g/mol. The molecule has 5 heteroatoms. The van der Waals surface area contributed by atoms with E-state index in [9.17, 15) is 0 Å². The van der Waals surface area contributed by atoms with Crippen molar-refractivity contribution < 1.29 is 0 Å². The number of benzene rings is 9. The van der Waals surface area contributed by atoms with Crippen LogP contribution in [0.2, 0.25) is 0 Å². The van der Waals surface area contributed by atoms with E-state index in [0.29, 0.717) is 17.5 Å². The molecule has 12 rings (SSSR count). The first-order chi connectivity index (χ1) is 29.7. The van der Waals surface area contributed by atoms with Gasteiger partial charge in [0, 0.05) is 47.6 Å². The van der Waals surface area contributed by atoms with Gasteiger partial charge in [-0.25, -0.2) is 15.0 Å². The first-order valence-corrected chi connectivity index (χ1v) is 21.0. The summed E-state index contributed by atoms with van der Waals surface area (Å²) >= 11 is 1.84. The van der Waals surface area contributed by atoms with Gasteiger partial charge in [0.25, 0.3) is 0 Å². The molecule has 0 bridgehead atoms. The average Bonchev–Trinajstić information content (AvgIpc) is 3.87. The van der Waals surface area contributed by atoms with E-state index in [2.05, 4.69) is 211 Å².